The van der Waals surface area contributed by atoms with Crippen molar-refractivity contribution in [3.8, 4) is 11.8 Å². The Morgan fingerprint density at radius 1 is 1.52 bits per heavy atom. The predicted molar refractivity (Wildman–Crippen MR) is 76.8 cm³/mol. The summed E-state index contributed by atoms with van der Waals surface area (Å²) in [4.78, 5) is 11.7. The van der Waals surface area contributed by atoms with Gasteiger partial charge in [-0.05, 0) is 30.9 Å². The van der Waals surface area contributed by atoms with E-state index >= 15 is 0 Å². The largest absolute Gasteiger partial charge is 0.505 e. The van der Waals surface area contributed by atoms with Crippen molar-refractivity contribution < 1.29 is 18.3 Å². The van der Waals surface area contributed by atoms with Gasteiger partial charge in [0.2, 0.25) is 0 Å². The second-order valence-corrected chi connectivity index (χ2v) is 7.58. The summed E-state index contributed by atoms with van der Waals surface area (Å²) in [6, 6.07) is 4.72. The molecule has 1 fully saturated rings. The Hall–Kier alpha value is -1.58. The first-order valence-corrected chi connectivity index (χ1v) is 8.66. The highest BCUT2D eigenvalue weighted by Gasteiger charge is 2.35. The first-order chi connectivity index (χ1) is 9.75. The third-order valence-electron chi connectivity index (χ3n) is 3.44. The van der Waals surface area contributed by atoms with Gasteiger partial charge >= 0.3 is 0 Å². The van der Waals surface area contributed by atoms with Crippen LogP contribution in [0.2, 0.25) is 5.02 Å². The fourth-order valence-corrected chi connectivity index (χ4v) is 3.55. The van der Waals surface area contributed by atoms with Crippen LogP contribution in [0, 0.1) is 23.2 Å². The Labute approximate surface area is 128 Å². The lowest BCUT2D eigenvalue weighted by Gasteiger charge is -2.13. The van der Waals surface area contributed by atoms with Crippen molar-refractivity contribution >= 4 is 27.2 Å². The van der Waals surface area contributed by atoms with Gasteiger partial charge in [-0.1, -0.05) is 17.7 Å². The number of Topliss-reactive ketones (excluding diaryl/α,β-unsaturated/α-hetero) is 1. The zero-order valence-corrected chi connectivity index (χ0v) is 12.9. The van der Waals surface area contributed by atoms with Crippen molar-refractivity contribution in [1.29, 1.82) is 5.26 Å². The topological polar surface area (TPSA) is 95.2 Å². The Bertz CT molecular complexity index is 732. The number of halogens is 1. The average Bonchev–Trinajstić information content (AvgIpc) is 3.22. The highest BCUT2D eigenvalue weighted by Crippen LogP contribution is 2.37. The van der Waals surface area contributed by atoms with E-state index in [0.29, 0.717) is 0 Å². The predicted octanol–water partition coefficient (Wildman–Crippen LogP) is 2.11. The maximum absolute atomic E-state index is 12.0. The Morgan fingerprint density at radius 3 is 2.62 bits per heavy atom. The molecule has 1 atom stereocenters. The molecule has 0 aromatic heterocycles. The van der Waals surface area contributed by atoms with E-state index in [1.165, 1.54) is 12.1 Å². The van der Waals surface area contributed by atoms with E-state index in [9.17, 15) is 18.3 Å². The first kappa shape index (κ1) is 15.8. The lowest BCUT2D eigenvalue weighted by molar-refractivity contribution is -0.122. The fraction of sp³-hybridized carbons (Fsp3) is 0.429. The van der Waals surface area contributed by atoms with Gasteiger partial charge in [-0.2, -0.15) is 5.26 Å². The number of carbonyl (C=O) groups is 1. The summed E-state index contributed by atoms with van der Waals surface area (Å²) >= 11 is 5.74. The minimum absolute atomic E-state index is 0.0427. The second-order valence-electron chi connectivity index (χ2n) is 5.22. The summed E-state index contributed by atoms with van der Waals surface area (Å²) in [6.45, 7) is 0. The number of rotatable bonds is 5. The average molecular weight is 328 g/mol. The Morgan fingerprint density at radius 2 is 2.14 bits per heavy atom. The molecule has 1 aromatic carbocycles. The normalized spacial score (nSPS) is 16.2. The number of aromatic hydroxyl groups is 1. The van der Waals surface area contributed by atoms with Crippen LogP contribution in [0.25, 0.3) is 0 Å². The Kier molecular flexibility index (Phi) is 4.26. The summed E-state index contributed by atoms with van der Waals surface area (Å²) in [6.07, 6.45) is 2.47. The highest BCUT2D eigenvalue weighted by atomic mass is 35.5. The number of benzene rings is 1. The van der Waals surface area contributed by atoms with E-state index in [1.54, 1.807) is 0 Å². The van der Waals surface area contributed by atoms with Gasteiger partial charge in [0.15, 0.2) is 21.4 Å². The second kappa shape index (κ2) is 5.66. The molecule has 1 N–H and O–H groups in total. The molecule has 5 nitrogen and oxygen atoms in total. The lowest BCUT2D eigenvalue weighted by atomic mass is 9.94. The van der Waals surface area contributed by atoms with Gasteiger partial charge in [-0.15, -0.1) is 0 Å². The minimum atomic E-state index is -3.73. The number of sulfone groups is 1. The van der Waals surface area contributed by atoms with Crippen molar-refractivity contribution in [3.63, 3.8) is 0 Å². The third-order valence-corrected chi connectivity index (χ3v) is 4.94. The van der Waals surface area contributed by atoms with Crippen LogP contribution in [-0.4, -0.2) is 25.6 Å². The number of hydrogen-bond donors (Lipinski definition) is 1. The van der Waals surface area contributed by atoms with Gasteiger partial charge < -0.3 is 5.11 Å². The molecule has 0 radical (unpaired) electrons. The molecule has 0 bridgehead atoms. The standard InChI is InChI=1S/C14H14ClNO4S/c1-21(19,20)14-9(4-5-11(15)13(14)18)6-10(7-16)12(17)8-2-3-8/h4-5,8,10,18H,2-3,6H2,1H3. The monoisotopic (exact) mass is 327 g/mol. The molecule has 0 amide bonds. The number of hydrogen-bond acceptors (Lipinski definition) is 5. The molecule has 1 saturated carbocycles. The maximum Gasteiger partial charge on any atom is 0.179 e. The van der Waals surface area contributed by atoms with Crippen molar-refractivity contribution in [3.05, 3.63) is 22.7 Å². The minimum Gasteiger partial charge on any atom is -0.505 e. The molecular weight excluding hydrogens is 314 g/mol. The van der Waals surface area contributed by atoms with E-state index in [-0.39, 0.29) is 33.6 Å². The molecule has 1 unspecified atom stereocenters. The van der Waals surface area contributed by atoms with Crippen molar-refractivity contribution in [1.82, 2.24) is 0 Å². The quantitative estimate of drug-likeness (QED) is 0.893. The number of phenolic OH excluding ortho intramolecular Hbond substituents is 1. The number of nitrogens with zero attached hydrogens (tertiary/aromatic N) is 1. The van der Waals surface area contributed by atoms with Crippen molar-refractivity contribution in [2.24, 2.45) is 11.8 Å². The van der Waals surface area contributed by atoms with Crippen LogP contribution in [0.1, 0.15) is 18.4 Å². The molecule has 1 aliphatic carbocycles. The van der Waals surface area contributed by atoms with E-state index in [0.717, 1.165) is 19.1 Å². The van der Waals surface area contributed by atoms with Gasteiger partial charge in [0, 0.05) is 12.2 Å². The van der Waals surface area contributed by atoms with E-state index in [2.05, 4.69) is 0 Å². The number of ketones is 1. The smallest absolute Gasteiger partial charge is 0.179 e. The summed E-state index contributed by atoms with van der Waals surface area (Å²) in [5, 5.41) is 18.9. The third kappa shape index (κ3) is 3.36. The molecule has 21 heavy (non-hydrogen) atoms. The summed E-state index contributed by atoms with van der Waals surface area (Å²) in [5.74, 6) is -1.69. The number of phenols is 1. The highest BCUT2D eigenvalue weighted by molar-refractivity contribution is 7.90. The zero-order valence-electron chi connectivity index (χ0n) is 11.3. The van der Waals surface area contributed by atoms with E-state index < -0.39 is 21.5 Å². The van der Waals surface area contributed by atoms with Crippen LogP contribution >= 0.6 is 11.6 Å². The molecule has 1 aromatic rings. The molecule has 112 valence electrons. The summed E-state index contributed by atoms with van der Waals surface area (Å²) in [7, 11) is -3.73. The molecule has 7 heteroatoms. The van der Waals surface area contributed by atoms with Crippen LogP contribution in [0.4, 0.5) is 0 Å². The van der Waals surface area contributed by atoms with Crippen molar-refractivity contribution in [2.75, 3.05) is 6.26 Å². The zero-order chi connectivity index (χ0) is 15.8. The maximum atomic E-state index is 12.0. The van der Waals surface area contributed by atoms with Gasteiger partial charge in [-0.25, -0.2) is 8.42 Å². The van der Waals surface area contributed by atoms with Crippen LogP contribution in [0.3, 0.4) is 0 Å². The Balaban J connectivity index is 2.42. The van der Waals surface area contributed by atoms with Gasteiger partial charge in [0.05, 0.1) is 11.1 Å². The van der Waals surface area contributed by atoms with Crippen LogP contribution in [0.15, 0.2) is 17.0 Å². The van der Waals surface area contributed by atoms with Crippen molar-refractivity contribution in [2.45, 2.75) is 24.2 Å². The lowest BCUT2D eigenvalue weighted by Crippen LogP contribution is -2.18. The summed E-state index contributed by atoms with van der Waals surface area (Å²) in [5.41, 5.74) is 0.236. The van der Waals surface area contributed by atoms with Crippen LogP contribution < -0.4 is 0 Å². The SMILES string of the molecule is CS(=O)(=O)c1c(CC(C#N)C(=O)C2CC2)ccc(Cl)c1O. The van der Waals surface area contributed by atoms with E-state index in [4.69, 9.17) is 16.9 Å². The van der Waals surface area contributed by atoms with Gasteiger partial charge in [0.25, 0.3) is 0 Å². The van der Waals surface area contributed by atoms with Gasteiger partial charge in [-0.3, -0.25) is 4.79 Å². The summed E-state index contributed by atoms with van der Waals surface area (Å²) < 4.78 is 23.7. The van der Waals surface area contributed by atoms with E-state index in [1.807, 2.05) is 6.07 Å². The molecule has 1 aliphatic rings. The first-order valence-electron chi connectivity index (χ1n) is 6.39. The fourth-order valence-electron chi connectivity index (χ4n) is 2.25. The van der Waals surface area contributed by atoms with Crippen LogP contribution in [0.5, 0.6) is 5.75 Å². The molecular formula is C14H14ClNO4S. The molecule has 0 aliphatic heterocycles. The van der Waals surface area contributed by atoms with Gasteiger partial charge in [0.1, 0.15) is 10.8 Å². The molecule has 2 rings (SSSR count). The molecule has 0 saturated heterocycles. The van der Waals surface area contributed by atoms with Crippen LogP contribution in [-0.2, 0) is 21.1 Å². The molecule has 0 spiro atoms. The number of nitriles is 1. The molecule has 0 heterocycles. The number of carbonyl (C=O) groups excluding carboxylic acids is 1.